The van der Waals surface area contributed by atoms with Crippen molar-refractivity contribution in [2.24, 2.45) is 0 Å². The summed E-state index contributed by atoms with van der Waals surface area (Å²) in [5.74, 6) is -0.254. The fraction of sp³-hybridized carbons (Fsp3) is 0.176. The molecule has 2 aromatic rings. The summed E-state index contributed by atoms with van der Waals surface area (Å²) in [6.07, 6.45) is 0.654. The summed E-state index contributed by atoms with van der Waals surface area (Å²) in [5.41, 5.74) is 2.01. The van der Waals surface area contributed by atoms with Crippen LogP contribution < -0.4 is 10.6 Å². The highest BCUT2D eigenvalue weighted by atomic mass is 35.5. The van der Waals surface area contributed by atoms with Gasteiger partial charge in [-0.25, -0.2) is 0 Å². The number of nitrogens with one attached hydrogen (secondary N) is 2. The first kappa shape index (κ1) is 16.0. The Hall–Kier alpha value is -2.33. The number of benzene rings is 2. The maximum Gasteiger partial charge on any atom is 0.228 e. The molecule has 2 rings (SSSR count). The molecule has 2 N–H and O–H groups in total. The van der Waals surface area contributed by atoms with Crippen LogP contribution in [0.4, 0.5) is 11.4 Å². The lowest BCUT2D eigenvalue weighted by atomic mass is 10.1. The van der Waals surface area contributed by atoms with E-state index in [1.54, 1.807) is 25.1 Å². The van der Waals surface area contributed by atoms with Gasteiger partial charge >= 0.3 is 0 Å². The Morgan fingerprint density at radius 3 is 2.41 bits per heavy atom. The molecule has 0 heterocycles. The molecule has 0 spiro atoms. The van der Waals surface area contributed by atoms with Crippen molar-refractivity contribution >= 4 is 34.8 Å². The van der Waals surface area contributed by atoms with Gasteiger partial charge in [-0.1, -0.05) is 48.9 Å². The van der Waals surface area contributed by atoms with E-state index in [0.717, 1.165) is 5.56 Å². The van der Waals surface area contributed by atoms with Gasteiger partial charge in [-0.3, -0.25) is 9.59 Å². The fourth-order valence-corrected chi connectivity index (χ4v) is 2.09. The lowest BCUT2D eigenvalue weighted by molar-refractivity contribution is -0.116. The predicted molar refractivity (Wildman–Crippen MR) is 89.1 cm³/mol. The van der Waals surface area contributed by atoms with Crippen molar-refractivity contribution in [3.8, 4) is 0 Å². The van der Waals surface area contributed by atoms with Crippen LogP contribution in [0.5, 0.6) is 0 Å². The zero-order valence-corrected chi connectivity index (χ0v) is 13.0. The molecule has 4 nitrogen and oxygen atoms in total. The van der Waals surface area contributed by atoms with Gasteiger partial charge in [0.05, 0.1) is 17.1 Å². The average Bonchev–Trinajstić information content (AvgIpc) is 2.51. The third kappa shape index (κ3) is 4.60. The molecule has 0 aliphatic carbocycles. The van der Waals surface area contributed by atoms with Crippen molar-refractivity contribution < 1.29 is 9.59 Å². The molecule has 2 aromatic carbocycles. The summed E-state index contributed by atoms with van der Waals surface area (Å²) in [5, 5.41) is 5.93. The zero-order valence-electron chi connectivity index (χ0n) is 12.2. The fourth-order valence-electron chi connectivity index (χ4n) is 1.92. The molecule has 114 valence electrons. The third-order valence-corrected chi connectivity index (χ3v) is 3.38. The van der Waals surface area contributed by atoms with Crippen molar-refractivity contribution in [3.05, 3.63) is 59.1 Å². The van der Waals surface area contributed by atoms with Crippen molar-refractivity contribution in [2.75, 3.05) is 10.6 Å². The van der Waals surface area contributed by atoms with Gasteiger partial charge in [-0.05, 0) is 23.8 Å². The lowest BCUT2D eigenvalue weighted by Crippen LogP contribution is -2.15. The van der Waals surface area contributed by atoms with Gasteiger partial charge in [-0.2, -0.15) is 0 Å². The summed E-state index contributed by atoms with van der Waals surface area (Å²) in [6, 6.07) is 14.4. The maximum absolute atomic E-state index is 12.1. The van der Waals surface area contributed by atoms with Gasteiger partial charge in [-0.15, -0.1) is 0 Å². The van der Waals surface area contributed by atoms with Crippen LogP contribution in [-0.2, 0) is 16.0 Å². The van der Waals surface area contributed by atoms with Crippen LogP contribution in [0.2, 0.25) is 5.02 Å². The van der Waals surface area contributed by atoms with E-state index in [9.17, 15) is 9.59 Å². The minimum Gasteiger partial charge on any atom is -0.326 e. The average molecular weight is 317 g/mol. The van der Waals surface area contributed by atoms with E-state index >= 15 is 0 Å². The van der Waals surface area contributed by atoms with E-state index in [0.29, 0.717) is 22.8 Å². The third-order valence-electron chi connectivity index (χ3n) is 3.05. The van der Waals surface area contributed by atoms with Gasteiger partial charge in [0.25, 0.3) is 0 Å². The van der Waals surface area contributed by atoms with Crippen molar-refractivity contribution in [3.63, 3.8) is 0 Å². The molecule has 0 radical (unpaired) electrons. The van der Waals surface area contributed by atoms with Crippen LogP contribution in [-0.4, -0.2) is 11.8 Å². The highest BCUT2D eigenvalue weighted by Gasteiger charge is 2.09. The first-order valence-corrected chi connectivity index (χ1v) is 7.39. The van der Waals surface area contributed by atoms with Crippen LogP contribution in [0.3, 0.4) is 0 Å². The second-order valence-corrected chi connectivity index (χ2v) is 5.21. The second kappa shape index (κ2) is 7.61. The van der Waals surface area contributed by atoms with Gasteiger partial charge in [0, 0.05) is 12.1 Å². The molecule has 0 atom stereocenters. The van der Waals surface area contributed by atoms with Crippen LogP contribution in [0.1, 0.15) is 18.9 Å². The topological polar surface area (TPSA) is 58.2 Å². The van der Waals surface area contributed by atoms with Gasteiger partial charge in [0.1, 0.15) is 0 Å². The van der Waals surface area contributed by atoms with E-state index < -0.39 is 0 Å². The summed E-state index contributed by atoms with van der Waals surface area (Å²) < 4.78 is 0. The molecule has 0 aromatic heterocycles. The standard InChI is InChI=1S/C17H17ClN2O2/c1-2-16(21)19-13-8-9-14(18)15(11-13)20-17(22)10-12-6-4-3-5-7-12/h3-9,11H,2,10H2,1H3,(H,19,21)(H,20,22). The Morgan fingerprint density at radius 2 is 1.73 bits per heavy atom. The number of carbonyl (C=O) groups excluding carboxylic acids is 2. The number of hydrogen-bond acceptors (Lipinski definition) is 2. The quantitative estimate of drug-likeness (QED) is 0.879. The van der Waals surface area contributed by atoms with Crippen LogP contribution in [0.15, 0.2) is 48.5 Å². The Morgan fingerprint density at radius 1 is 1.00 bits per heavy atom. The molecule has 0 aliphatic heterocycles. The first-order valence-electron chi connectivity index (χ1n) is 7.01. The maximum atomic E-state index is 12.1. The molecule has 0 bridgehead atoms. The zero-order chi connectivity index (χ0) is 15.9. The number of hydrogen-bond donors (Lipinski definition) is 2. The van der Waals surface area contributed by atoms with E-state index in [1.165, 1.54) is 0 Å². The molecule has 0 unspecified atom stereocenters. The Kier molecular flexibility index (Phi) is 5.55. The number of halogens is 1. The molecule has 0 saturated heterocycles. The summed E-state index contributed by atoms with van der Waals surface area (Å²) in [7, 11) is 0. The molecular weight excluding hydrogens is 300 g/mol. The van der Waals surface area contributed by atoms with Crippen LogP contribution >= 0.6 is 11.6 Å². The van der Waals surface area contributed by atoms with E-state index in [1.807, 2.05) is 30.3 Å². The summed E-state index contributed by atoms with van der Waals surface area (Å²) in [4.78, 5) is 23.5. The smallest absolute Gasteiger partial charge is 0.228 e. The minimum atomic E-state index is -0.160. The normalized spacial score (nSPS) is 10.1. The Bertz CT molecular complexity index is 672. The Balaban J connectivity index is 2.06. The van der Waals surface area contributed by atoms with Crippen molar-refractivity contribution in [1.29, 1.82) is 0 Å². The van der Waals surface area contributed by atoms with Crippen LogP contribution in [0, 0.1) is 0 Å². The highest BCUT2D eigenvalue weighted by molar-refractivity contribution is 6.33. The van der Waals surface area contributed by atoms with Crippen molar-refractivity contribution in [2.45, 2.75) is 19.8 Å². The van der Waals surface area contributed by atoms with Gasteiger partial charge < -0.3 is 10.6 Å². The molecule has 0 fully saturated rings. The second-order valence-electron chi connectivity index (χ2n) is 4.81. The summed E-state index contributed by atoms with van der Waals surface area (Å²) in [6.45, 7) is 1.77. The van der Waals surface area contributed by atoms with E-state index in [-0.39, 0.29) is 18.2 Å². The number of amides is 2. The number of anilines is 2. The minimum absolute atomic E-state index is 0.0936. The molecule has 2 amide bonds. The molecule has 0 aliphatic rings. The number of carbonyl (C=O) groups is 2. The van der Waals surface area contributed by atoms with E-state index in [4.69, 9.17) is 11.6 Å². The first-order chi connectivity index (χ1) is 10.6. The van der Waals surface area contributed by atoms with Gasteiger partial charge in [0.15, 0.2) is 0 Å². The number of rotatable bonds is 5. The Labute approximate surface area is 134 Å². The molecular formula is C17H17ClN2O2. The predicted octanol–water partition coefficient (Wildman–Crippen LogP) is 3.87. The van der Waals surface area contributed by atoms with Gasteiger partial charge in [0.2, 0.25) is 11.8 Å². The molecule has 22 heavy (non-hydrogen) atoms. The van der Waals surface area contributed by atoms with Crippen molar-refractivity contribution in [1.82, 2.24) is 0 Å². The molecule has 0 saturated carbocycles. The SMILES string of the molecule is CCC(=O)Nc1ccc(Cl)c(NC(=O)Cc2ccccc2)c1. The van der Waals surface area contributed by atoms with E-state index in [2.05, 4.69) is 10.6 Å². The molecule has 5 heteroatoms. The summed E-state index contributed by atoms with van der Waals surface area (Å²) >= 11 is 6.09. The van der Waals surface area contributed by atoms with Crippen LogP contribution in [0.25, 0.3) is 0 Å². The highest BCUT2D eigenvalue weighted by Crippen LogP contribution is 2.25. The monoisotopic (exact) mass is 316 g/mol. The largest absolute Gasteiger partial charge is 0.326 e. The lowest BCUT2D eigenvalue weighted by Gasteiger charge is -2.10.